The van der Waals surface area contributed by atoms with Crippen LogP contribution in [0.1, 0.15) is 32.1 Å². The minimum Gasteiger partial charge on any atom is -0.327 e. The highest BCUT2D eigenvalue weighted by atomic mass is 14.7. The van der Waals surface area contributed by atoms with E-state index in [4.69, 9.17) is 5.73 Å². The van der Waals surface area contributed by atoms with Crippen molar-refractivity contribution >= 4 is 7.85 Å². The quantitative estimate of drug-likeness (QED) is 0.528. The monoisotopic (exact) mass is 163 g/mol. The molecule has 2 N–H and O–H groups in total. The number of hydrogen-bond acceptors (Lipinski definition) is 1. The zero-order valence-electron chi connectivity index (χ0n) is 7.92. The van der Waals surface area contributed by atoms with Gasteiger partial charge in [0, 0.05) is 6.04 Å². The summed E-state index contributed by atoms with van der Waals surface area (Å²) < 4.78 is 0. The molecule has 12 heavy (non-hydrogen) atoms. The second-order valence-corrected chi connectivity index (χ2v) is 5.86. The zero-order valence-corrected chi connectivity index (χ0v) is 7.92. The molecule has 4 saturated carbocycles. The van der Waals surface area contributed by atoms with Gasteiger partial charge >= 0.3 is 0 Å². The topological polar surface area (TPSA) is 26.0 Å². The van der Waals surface area contributed by atoms with Crippen molar-refractivity contribution < 1.29 is 0 Å². The number of hydrogen-bond donors (Lipinski definition) is 1. The molecule has 0 aliphatic heterocycles. The maximum Gasteiger partial charge on any atom is 0.109 e. The van der Waals surface area contributed by atoms with Crippen LogP contribution in [0.3, 0.4) is 0 Å². The van der Waals surface area contributed by atoms with E-state index in [9.17, 15) is 0 Å². The van der Waals surface area contributed by atoms with E-state index in [0.29, 0.717) is 11.4 Å². The lowest BCUT2D eigenvalue weighted by molar-refractivity contribution is 0.0101. The highest BCUT2D eigenvalue weighted by Crippen LogP contribution is 2.61. The van der Waals surface area contributed by atoms with Gasteiger partial charge in [0.2, 0.25) is 0 Å². The third-order valence-corrected chi connectivity index (χ3v) is 4.65. The molecule has 0 saturated heterocycles. The molecule has 0 aromatic rings. The van der Waals surface area contributed by atoms with Crippen LogP contribution >= 0.6 is 0 Å². The van der Waals surface area contributed by atoms with Crippen LogP contribution in [0.15, 0.2) is 0 Å². The normalized spacial score (nSPS) is 62.4. The molecule has 4 aliphatic rings. The van der Waals surface area contributed by atoms with Gasteiger partial charge in [0.15, 0.2) is 0 Å². The molecule has 0 heterocycles. The second-order valence-electron chi connectivity index (χ2n) is 5.86. The van der Waals surface area contributed by atoms with Crippen molar-refractivity contribution in [2.24, 2.45) is 23.5 Å². The van der Waals surface area contributed by atoms with Crippen LogP contribution in [-0.2, 0) is 0 Å². The number of nitrogens with two attached hydrogens (primary N) is 1. The minimum absolute atomic E-state index is 0.564. The van der Waals surface area contributed by atoms with Crippen molar-refractivity contribution in [1.82, 2.24) is 0 Å². The van der Waals surface area contributed by atoms with E-state index >= 15 is 0 Å². The van der Waals surface area contributed by atoms with Crippen molar-refractivity contribution in [2.45, 2.75) is 43.5 Å². The highest BCUT2D eigenvalue weighted by molar-refractivity contribution is 6.15. The van der Waals surface area contributed by atoms with E-state index in [1.165, 1.54) is 32.1 Å². The van der Waals surface area contributed by atoms with E-state index in [1.807, 2.05) is 0 Å². The highest BCUT2D eigenvalue weighted by Gasteiger charge is 2.51. The fourth-order valence-electron chi connectivity index (χ4n) is 4.47. The Kier molecular flexibility index (Phi) is 1.29. The summed E-state index contributed by atoms with van der Waals surface area (Å²) in [6.45, 7) is 0. The van der Waals surface area contributed by atoms with Crippen LogP contribution in [-0.4, -0.2) is 13.9 Å². The largest absolute Gasteiger partial charge is 0.327 e. The van der Waals surface area contributed by atoms with Crippen molar-refractivity contribution in [1.29, 1.82) is 0 Å². The Balaban J connectivity index is 1.95. The Hall–Kier alpha value is 0.0249. The molecule has 4 bridgehead atoms. The van der Waals surface area contributed by atoms with E-state index < -0.39 is 0 Å². The van der Waals surface area contributed by atoms with E-state index in [1.54, 1.807) is 0 Å². The first kappa shape index (κ1) is 7.43. The smallest absolute Gasteiger partial charge is 0.109 e. The van der Waals surface area contributed by atoms with Gasteiger partial charge in [0.25, 0.3) is 0 Å². The van der Waals surface area contributed by atoms with Gasteiger partial charge in [-0.25, -0.2) is 0 Å². The van der Waals surface area contributed by atoms with Gasteiger partial charge in [0.1, 0.15) is 7.85 Å². The SMILES string of the molecule is B[C@]12CC3C[C@H](C1)[C@H](N)[C@@H](C3)C2. The summed E-state index contributed by atoms with van der Waals surface area (Å²) in [4.78, 5) is 0. The Morgan fingerprint density at radius 1 is 1.08 bits per heavy atom. The van der Waals surface area contributed by atoms with E-state index in [0.717, 1.165) is 17.8 Å². The van der Waals surface area contributed by atoms with E-state index in [-0.39, 0.29) is 0 Å². The lowest BCUT2D eigenvalue weighted by Gasteiger charge is -2.58. The average Bonchev–Trinajstić information content (AvgIpc) is 1.96. The predicted molar refractivity (Wildman–Crippen MR) is 52.8 cm³/mol. The molecule has 0 radical (unpaired) electrons. The molecular formula is C10H18BN. The molecule has 1 unspecified atom stereocenters. The fraction of sp³-hybridized carbons (Fsp3) is 1.00. The lowest BCUT2D eigenvalue weighted by Crippen LogP contribution is -2.54. The molecule has 5 atom stereocenters. The Bertz CT molecular complexity index is 200. The summed E-state index contributed by atoms with van der Waals surface area (Å²) in [5, 5.41) is 0.701. The van der Waals surface area contributed by atoms with Gasteiger partial charge in [-0.2, -0.15) is 0 Å². The van der Waals surface area contributed by atoms with E-state index in [2.05, 4.69) is 7.85 Å². The average molecular weight is 163 g/mol. The molecule has 0 amide bonds. The van der Waals surface area contributed by atoms with Crippen molar-refractivity contribution in [3.63, 3.8) is 0 Å². The first-order valence-corrected chi connectivity index (χ1v) is 5.42. The Morgan fingerprint density at radius 2 is 1.67 bits per heavy atom. The molecule has 1 nitrogen and oxygen atoms in total. The molecule has 4 fully saturated rings. The maximum absolute atomic E-state index is 6.23. The first-order chi connectivity index (χ1) is 5.66. The zero-order chi connectivity index (χ0) is 8.34. The maximum atomic E-state index is 6.23. The van der Waals surface area contributed by atoms with Crippen LogP contribution in [0, 0.1) is 17.8 Å². The summed E-state index contributed by atoms with van der Waals surface area (Å²) in [6, 6.07) is 0.564. The second kappa shape index (κ2) is 2.09. The third-order valence-electron chi connectivity index (χ3n) is 4.65. The van der Waals surface area contributed by atoms with Crippen LogP contribution in [0.25, 0.3) is 0 Å². The Labute approximate surface area is 75.5 Å². The summed E-state index contributed by atoms with van der Waals surface area (Å²) in [6.07, 6.45) is 7.27. The van der Waals surface area contributed by atoms with Crippen LogP contribution in [0.5, 0.6) is 0 Å². The standard InChI is InChI=1S/C10H18BN/c11-10-3-6-1-7(4-10)9(12)8(2-6)5-10/h6-9H,1-5,11-12H2/t6?,7-,8+,9+,10-. The van der Waals surface area contributed by atoms with Gasteiger partial charge in [-0.1, -0.05) is 24.6 Å². The molecule has 0 aromatic heterocycles. The number of rotatable bonds is 0. The fourth-order valence-corrected chi connectivity index (χ4v) is 4.47. The first-order valence-electron chi connectivity index (χ1n) is 5.42. The van der Waals surface area contributed by atoms with Crippen LogP contribution < -0.4 is 5.73 Å². The molecule has 4 aliphatic carbocycles. The van der Waals surface area contributed by atoms with Gasteiger partial charge < -0.3 is 5.73 Å². The van der Waals surface area contributed by atoms with Gasteiger partial charge in [-0.3, -0.25) is 0 Å². The molecular weight excluding hydrogens is 145 g/mol. The summed E-state index contributed by atoms with van der Waals surface area (Å²) in [5.41, 5.74) is 6.23. The lowest BCUT2D eigenvalue weighted by atomic mass is 9.42. The van der Waals surface area contributed by atoms with Gasteiger partial charge in [-0.05, 0) is 30.6 Å². The Morgan fingerprint density at radius 3 is 2.17 bits per heavy atom. The third kappa shape index (κ3) is 0.848. The molecule has 0 spiro atoms. The van der Waals surface area contributed by atoms with Crippen molar-refractivity contribution in [3.8, 4) is 0 Å². The van der Waals surface area contributed by atoms with Crippen LogP contribution in [0.4, 0.5) is 0 Å². The summed E-state index contributed by atoms with van der Waals surface area (Å²) in [5.74, 6) is 2.83. The van der Waals surface area contributed by atoms with Crippen molar-refractivity contribution in [2.75, 3.05) is 0 Å². The van der Waals surface area contributed by atoms with Gasteiger partial charge in [0.05, 0.1) is 0 Å². The molecule has 66 valence electrons. The predicted octanol–water partition coefficient (Wildman–Crippen LogP) is 0.945. The van der Waals surface area contributed by atoms with Crippen LogP contribution in [0.2, 0.25) is 5.31 Å². The minimum atomic E-state index is 0.564. The molecule has 2 heteroatoms. The van der Waals surface area contributed by atoms with Crippen molar-refractivity contribution in [3.05, 3.63) is 0 Å². The van der Waals surface area contributed by atoms with Gasteiger partial charge in [-0.15, -0.1) is 0 Å². The molecule has 4 rings (SSSR count). The molecule has 0 aromatic carbocycles. The summed E-state index contributed by atoms with van der Waals surface area (Å²) >= 11 is 0. The summed E-state index contributed by atoms with van der Waals surface area (Å²) in [7, 11) is 2.49.